The fourth-order valence-electron chi connectivity index (χ4n) is 1.74. The van der Waals surface area contributed by atoms with Gasteiger partial charge >= 0.3 is 6.03 Å². The fraction of sp³-hybridized carbons (Fsp3) is 0.0714. The average molecular weight is 242 g/mol. The molecule has 4 heteroatoms. The molecule has 0 saturated carbocycles. The van der Waals surface area contributed by atoms with Gasteiger partial charge < -0.3 is 10.8 Å². The van der Waals surface area contributed by atoms with Crippen molar-refractivity contribution in [1.29, 1.82) is 0 Å². The van der Waals surface area contributed by atoms with E-state index < -0.39 is 6.03 Å². The van der Waals surface area contributed by atoms with Crippen molar-refractivity contribution in [3.8, 4) is 5.75 Å². The number of carbonyl (C=O) groups excluding carboxylic acids is 1. The highest BCUT2D eigenvalue weighted by Gasteiger charge is 2.15. The van der Waals surface area contributed by atoms with Crippen molar-refractivity contribution in [3.05, 3.63) is 60.2 Å². The minimum atomic E-state index is -0.597. The molecule has 0 saturated heterocycles. The molecule has 0 fully saturated rings. The fourth-order valence-corrected chi connectivity index (χ4v) is 1.74. The van der Waals surface area contributed by atoms with Crippen molar-refractivity contribution in [2.45, 2.75) is 6.54 Å². The second kappa shape index (κ2) is 5.23. The first-order chi connectivity index (χ1) is 8.68. The van der Waals surface area contributed by atoms with Gasteiger partial charge in [-0.15, -0.1) is 0 Å². The molecular formula is C14H14N2O2. The van der Waals surface area contributed by atoms with Crippen molar-refractivity contribution in [1.82, 2.24) is 0 Å². The number of phenols is 1. The number of benzene rings is 2. The standard InChI is InChI=1S/C14H14N2O2/c15-14(18)16(10-11-6-2-1-3-7-11)12-8-4-5-9-13(12)17/h1-9,17H,10H2,(H2,15,18). The van der Waals surface area contributed by atoms with Crippen LogP contribution in [0.5, 0.6) is 5.75 Å². The number of hydrogen-bond donors (Lipinski definition) is 2. The van der Waals surface area contributed by atoms with Crippen LogP contribution >= 0.6 is 0 Å². The van der Waals surface area contributed by atoms with Crippen molar-refractivity contribution in [2.24, 2.45) is 5.73 Å². The first-order valence-corrected chi connectivity index (χ1v) is 5.57. The van der Waals surface area contributed by atoms with Crippen LogP contribution in [-0.2, 0) is 6.54 Å². The van der Waals surface area contributed by atoms with Gasteiger partial charge in [0.1, 0.15) is 5.75 Å². The number of anilines is 1. The van der Waals surface area contributed by atoms with Crippen LogP contribution in [0.3, 0.4) is 0 Å². The van der Waals surface area contributed by atoms with Gasteiger partial charge in [-0.2, -0.15) is 0 Å². The Bertz CT molecular complexity index is 541. The number of aromatic hydroxyl groups is 1. The minimum absolute atomic E-state index is 0.0345. The lowest BCUT2D eigenvalue weighted by atomic mass is 10.2. The Morgan fingerprint density at radius 1 is 1.06 bits per heavy atom. The number of urea groups is 1. The molecule has 3 N–H and O–H groups in total. The topological polar surface area (TPSA) is 66.6 Å². The van der Waals surface area contributed by atoms with Gasteiger partial charge in [-0.25, -0.2) is 4.79 Å². The molecule has 92 valence electrons. The highest BCUT2D eigenvalue weighted by molar-refractivity contribution is 5.92. The lowest BCUT2D eigenvalue weighted by Gasteiger charge is -2.21. The SMILES string of the molecule is NC(=O)N(Cc1ccccc1)c1ccccc1O. The van der Waals surface area contributed by atoms with Crippen LogP contribution in [0.25, 0.3) is 0 Å². The second-order valence-corrected chi connectivity index (χ2v) is 3.90. The van der Waals surface area contributed by atoms with Crippen LogP contribution < -0.4 is 10.6 Å². The Kier molecular flexibility index (Phi) is 3.48. The van der Waals surface area contributed by atoms with Gasteiger partial charge in [0.25, 0.3) is 0 Å². The molecule has 18 heavy (non-hydrogen) atoms. The van der Waals surface area contributed by atoms with Gasteiger partial charge in [0, 0.05) is 0 Å². The third-order valence-electron chi connectivity index (χ3n) is 2.62. The van der Waals surface area contributed by atoms with E-state index in [1.807, 2.05) is 30.3 Å². The summed E-state index contributed by atoms with van der Waals surface area (Å²) in [5.41, 5.74) is 6.72. The molecule has 2 rings (SSSR count). The molecule has 2 aromatic carbocycles. The van der Waals surface area contributed by atoms with E-state index in [0.29, 0.717) is 12.2 Å². The van der Waals surface area contributed by atoms with Crippen LogP contribution in [0, 0.1) is 0 Å². The van der Waals surface area contributed by atoms with Gasteiger partial charge in [0.15, 0.2) is 0 Å². The van der Waals surface area contributed by atoms with E-state index in [4.69, 9.17) is 5.73 Å². The third kappa shape index (κ3) is 2.60. The number of para-hydroxylation sites is 2. The number of amides is 2. The predicted molar refractivity (Wildman–Crippen MR) is 70.3 cm³/mol. The summed E-state index contributed by atoms with van der Waals surface area (Å²) in [5, 5.41) is 9.76. The number of nitrogens with zero attached hydrogens (tertiary/aromatic N) is 1. The van der Waals surface area contributed by atoms with Crippen LogP contribution in [0.1, 0.15) is 5.56 Å². The maximum absolute atomic E-state index is 11.5. The molecule has 0 aromatic heterocycles. The Labute approximate surface area is 105 Å². The van der Waals surface area contributed by atoms with E-state index in [0.717, 1.165) is 5.56 Å². The molecule has 0 heterocycles. The van der Waals surface area contributed by atoms with Gasteiger partial charge in [-0.3, -0.25) is 4.90 Å². The van der Waals surface area contributed by atoms with Crippen LogP contribution in [-0.4, -0.2) is 11.1 Å². The molecule has 2 aromatic rings. The quantitative estimate of drug-likeness (QED) is 0.868. The Balaban J connectivity index is 2.30. The number of carbonyl (C=O) groups is 1. The lowest BCUT2D eigenvalue weighted by molar-refractivity contribution is 0.253. The van der Waals surface area contributed by atoms with Crippen LogP contribution in [0.2, 0.25) is 0 Å². The predicted octanol–water partition coefficient (Wildman–Crippen LogP) is 2.48. The molecule has 0 atom stereocenters. The van der Waals surface area contributed by atoms with Crippen molar-refractivity contribution < 1.29 is 9.90 Å². The zero-order valence-electron chi connectivity index (χ0n) is 9.78. The van der Waals surface area contributed by atoms with E-state index in [2.05, 4.69) is 0 Å². The van der Waals surface area contributed by atoms with Gasteiger partial charge in [0.05, 0.1) is 12.2 Å². The van der Waals surface area contributed by atoms with E-state index in [-0.39, 0.29) is 5.75 Å². The number of hydrogen-bond acceptors (Lipinski definition) is 2. The molecule has 0 bridgehead atoms. The molecule has 0 spiro atoms. The molecule has 4 nitrogen and oxygen atoms in total. The number of phenolic OH excluding ortho intramolecular Hbond substituents is 1. The van der Waals surface area contributed by atoms with Crippen LogP contribution in [0.4, 0.5) is 10.5 Å². The first kappa shape index (κ1) is 12.0. The zero-order valence-corrected chi connectivity index (χ0v) is 9.78. The van der Waals surface area contributed by atoms with E-state index in [1.165, 1.54) is 11.0 Å². The van der Waals surface area contributed by atoms with Gasteiger partial charge in [-0.05, 0) is 17.7 Å². The summed E-state index contributed by atoms with van der Waals surface area (Å²) in [6, 6.07) is 15.5. The third-order valence-corrected chi connectivity index (χ3v) is 2.62. The van der Waals surface area contributed by atoms with E-state index in [1.54, 1.807) is 18.2 Å². The minimum Gasteiger partial charge on any atom is -0.506 e. The highest BCUT2D eigenvalue weighted by atomic mass is 16.3. The summed E-state index contributed by atoms with van der Waals surface area (Å²) in [5.74, 6) is 0.0345. The number of primary amides is 1. The highest BCUT2D eigenvalue weighted by Crippen LogP contribution is 2.27. The zero-order chi connectivity index (χ0) is 13.0. The van der Waals surface area contributed by atoms with E-state index in [9.17, 15) is 9.90 Å². The summed E-state index contributed by atoms with van der Waals surface area (Å²) >= 11 is 0. The molecule has 0 radical (unpaired) electrons. The maximum Gasteiger partial charge on any atom is 0.319 e. The summed E-state index contributed by atoms with van der Waals surface area (Å²) in [4.78, 5) is 12.8. The Hall–Kier alpha value is -2.49. The summed E-state index contributed by atoms with van der Waals surface area (Å²) in [6.45, 7) is 0.327. The largest absolute Gasteiger partial charge is 0.506 e. The molecule has 0 unspecified atom stereocenters. The monoisotopic (exact) mass is 242 g/mol. The van der Waals surface area contributed by atoms with Crippen molar-refractivity contribution >= 4 is 11.7 Å². The molecular weight excluding hydrogens is 228 g/mol. The van der Waals surface area contributed by atoms with Crippen molar-refractivity contribution in [2.75, 3.05) is 4.90 Å². The second-order valence-electron chi connectivity index (χ2n) is 3.90. The number of rotatable bonds is 3. The Morgan fingerprint density at radius 2 is 1.67 bits per heavy atom. The molecule has 0 aliphatic carbocycles. The van der Waals surface area contributed by atoms with Gasteiger partial charge in [0.2, 0.25) is 0 Å². The first-order valence-electron chi connectivity index (χ1n) is 5.57. The summed E-state index contributed by atoms with van der Waals surface area (Å²) in [6.07, 6.45) is 0. The molecule has 0 aliphatic heterocycles. The number of nitrogens with two attached hydrogens (primary N) is 1. The van der Waals surface area contributed by atoms with E-state index >= 15 is 0 Å². The normalized spacial score (nSPS) is 10.0. The summed E-state index contributed by atoms with van der Waals surface area (Å²) in [7, 11) is 0. The molecule has 2 amide bonds. The van der Waals surface area contributed by atoms with Crippen molar-refractivity contribution in [3.63, 3.8) is 0 Å². The maximum atomic E-state index is 11.5. The summed E-state index contributed by atoms with van der Waals surface area (Å²) < 4.78 is 0. The molecule has 0 aliphatic rings. The Morgan fingerprint density at radius 3 is 2.28 bits per heavy atom. The van der Waals surface area contributed by atoms with Crippen LogP contribution in [0.15, 0.2) is 54.6 Å². The lowest BCUT2D eigenvalue weighted by Crippen LogP contribution is -2.35. The smallest absolute Gasteiger partial charge is 0.319 e. The van der Waals surface area contributed by atoms with Gasteiger partial charge in [-0.1, -0.05) is 42.5 Å². The average Bonchev–Trinajstić information content (AvgIpc) is 2.38.